The van der Waals surface area contributed by atoms with E-state index in [4.69, 9.17) is 0 Å². The van der Waals surface area contributed by atoms with Crippen LogP contribution in [0.15, 0.2) is 182 Å². The standard InChI is InChI=1S/3C18H18N2O2/c3*1-19-15(13-9-5-3-6-10-13)16(14-11-7-4-8-12-14)20(2)18(22)17(19)21/h3*3-12,15-16H,1-2H3/t3*15-,16-/m000/s1. The lowest BCUT2D eigenvalue weighted by Crippen LogP contribution is -2.54. The summed E-state index contributed by atoms with van der Waals surface area (Å²) in [6.07, 6.45) is 0. The van der Waals surface area contributed by atoms with Crippen molar-refractivity contribution in [1.29, 1.82) is 0 Å². The number of amides is 6. The van der Waals surface area contributed by atoms with E-state index in [9.17, 15) is 28.8 Å². The second-order valence-corrected chi connectivity index (χ2v) is 16.6. The molecule has 0 saturated carbocycles. The second-order valence-electron chi connectivity index (χ2n) is 16.6. The normalized spacial score (nSPS) is 22.1. The molecule has 0 radical (unpaired) electrons. The molecule has 3 saturated heterocycles. The molecule has 0 spiro atoms. The fraction of sp³-hybridized carbons (Fsp3) is 0.222. The topological polar surface area (TPSA) is 122 Å². The lowest BCUT2D eigenvalue weighted by molar-refractivity contribution is -0.160. The monoisotopic (exact) mass is 882 g/mol. The molecule has 9 rings (SSSR count). The van der Waals surface area contributed by atoms with Gasteiger partial charge >= 0.3 is 35.4 Å². The van der Waals surface area contributed by atoms with Crippen molar-refractivity contribution in [2.24, 2.45) is 0 Å². The van der Waals surface area contributed by atoms with Gasteiger partial charge in [-0.3, -0.25) is 28.8 Å². The smallest absolute Gasteiger partial charge is 0.312 e. The van der Waals surface area contributed by atoms with E-state index >= 15 is 0 Å². The summed E-state index contributed by atoms with van der Waals surface area (Å²) in [6, 6.07) is 57.8. The average Bonchev–Trinajstić information content (AvgIpc) is 3.37. The van der Waals surface area contributed by atoms with Gasteiger partial charge in [-0.05, 0) is 33.4 Å². The highest BCUT2D eigenvalue weighted by atomic mass is 16.2. The summed E-state index contributed by atoms with van der Waals surface area (Å²) in [5.74, 6) is -2.81. The number of carbonyl (C=O) groups is 6. The van der Waals surface area contributed by atoms with Gasteiger partial charge in [-0.2, -0.15) is 0 Å². The molecule has 0 N–H and O–H groups in total. The first-order chi connectivity index (χ1) is 31.8. The van der Waals surface area contributed by atoms with E-state index in [1.807, 2.05) is 182 Å². The summed E-state index contributed by atoms with van der Waals surface area (Å²) in [6.45, 7) is 0. The molecule has 3 fully saturated rings. The summed E-state index contributed by atoms with van der Waals surface area (Å²) in [5, 5.41) is 0. The van der Waals surface area contributed by atoms with Gasteiger partial charge in [-0.15, -0.1) is 0 Å². The lowest BCUT2D eigenvalue weighted by atomic mass is 9.89. The molecule has 336 valence electrons. The van der Waals surface area contributed by atoms with Crippen molar-refractivity contribution < 1.29 is 28.8 Å². The van der Waals surface area contributed by atoms with Crippen LogP contribution in [0.4, 0.5) is 0 Å². The molecule has 0 bridgehead atoms. The molecule has 6 amide bonds. The summed E-state index contributed by atoms with van der Waals surface area (Å²) in [5.41, 5.74) is 6.12. The summed E-state index contributed by atoms with van der Waals surface area (Å²) in [7, 11) is 10.2. The fourth-order valence-corrected chi connectivity index (χ4v) is 9.27. The van der Waals surface area contributed by atoms with Gasteiger partial charge in [0.1, 0.15) is 0 Å². The van der Waals surface area contributed by atoms with Crippen molar-refractivity contribution in [2.75, 3.05) is 42.3 Å². The molecule has 3 aliphatic heterocycles. The Hall–Kier alpha value is -7.86. The largest absolute Gasteiger partial charge is 0.328 e. The minimum Gasteiger partial charge on any atom is -0.328 e. The van der Waals surface area contributed by atoms with Gasteiger partial charge in [0.15, 0.2) is 0 Å². The van der Waals surface area contributed by atoms with Crippen molar-refractivity contribution in [2.45, 2.75) is 36.3 Å². The van der Waals surface area contributed by atoms with Gasteiger partial charge in [0, 0.05) is 42.3 Å². The Labute approximate surface area is 386 Å². The Morgan fingerprint density at radius 1 is 0.212 bits per heavy atom. The molecule has 6 aromatic rings. The van der Waals surface area contributed by atoms with E-state index in [1.54, 1.807) is 71.7 Å². The van der Waals surface area contributed by atoms with Crippen LogP contribution >= 0.6 is 0 Å². The third-order valence-corrected chi connectivity index (χ3v) is 12.7. The minimum atomic E-state index is -0.469. The fourth-order valence-electron chi connectivity index (χ4n) is 9.27. The first-order valence-electron chi connectivity index (χ1n) is 21.7. The van der Waals surface area contributed by atoms with Crippen LogP contribution in [0.3, 0.4) is 0 Å². The summed E-state index contributed by atoms with van der Waals surface area (Å²) >= 11 is 0. The van der Waals surface area contributed by atoms with Crippen LogP contribution in [-0.4, -0.2) is 107 Å². The number of rotatable bonds is 6. The molecule has 6 aromatic carbocycles. The molecule has 12 nitrogen and oxygen atoms in total. The Kier molecular flexibility index (Phi) is 14.2. The van der Waals surface area contributed by atoms with Gasteiger partial charge in [0.05, 0.1) is 36.3 Å². The van der Waals surface area contributed by atoms with E-state index < -0.39 is 35.4 Å². The maximum atomic E-state index is 12.2. The number of hydrogen-bond acceptors (Lipinski definition) is 6. The van der Waals surface area contributed by atoms with Crippen molar-refractivity contribution in [3.63, 3.8) is 0 Å². The first kappa shape index (κ1) is 46.1. The van der Waals surface area contributed by atoms with E-state index in [1.165, 1.54) is 0 Å². The number of likely N-dealkylation sites (N-methyl/N-ethyl adjacent to an activating group) is 6. The van der Waals surface area contributed by atoms with E-state index in [2.05, 4.69) is 0 Å². The summed E-state index contributed by atoms with van der Waals surface area (Å²) < 4.78 is 0. The Morgan fingerprint density at radius 3 is 0.424 bits per heavy atom. The summed E-state index contributed by atoms with van der Waals surface area (Å²) in [4.78, 5) is 82.7. The molecule has 3 aliphatic rings. The van der Waals surface area contributed by atoms with Crippen molar-refractivity contribution >= 4 is 35.4 Å². The SMILES string of the molecule is CN1C(=O)C(=O)N(C)[C@@H](c2ccccc2)[C@@H]1c1ccccc1.CN1C(=O)C(=O)N(C)[C@@H](c2ccccc2)[C@@H]1c1ccccc1.CN1C(=O)C(=O)N(C)[C@@H](c2ccccc2)[C@@H]1c1ccccc1. The number of benzene rings is 6. The third-order valence-electron chi connectivity index (χ3n) is 12.7. The zero-order chi connectivity index (χ0) is 47.1. The Morgan fingerprint density at radius 2 is 0.318 bits per heavy atom. The van der Waals surface area contributed by atoms with Crippen LogP contribution in [0, 0.1) is 0 Å². The Bertz CT molecular complexity index is 2160. The van der Waals surface area contributed by atoms with E-state index in [0.717, 1.165) is 33.4 Å². The van der Waals surface area contributed by atoms with Crippen molar-refractivity contribution in [1.82, 2.24) is 29.4 Å². The van der Waals surface area contributed by atoms with Crippen LogP contribution in [0.1, 0.15) is 69.6 Å². The minimum absolute atomic E-state index is 0.196. The van der Waals surface area contributed by atoms with Crippen LogP contribution in [-0.2, 0) is 28.8 Å². The Balaban J connectivity index is 0.000000147. The lowest BCUT2D eigenvalue weighted by Gasteiger charge is -2.44. The molecular weight excluding hydrogens is 829 g/mol. The van der Waals surface area contributed by atoms with Gasteiger partial charge in [0.2, 0.25) is 0 Å². The van der Waals surface area contributed by atoms with Crippen LogP contribution < -0.4 is 0 Å². The predicted molar refractivity (Wildman–Crippen MR) is 252 cm³/mol. The van der Waals surface area contributed by atoms with Gasteiger partial charge in [0.25, 0.3) is 0 Å². The number of carbonyl (C=O) groups excluding carboxylic acids is 6. The number of piperazine rings is 3. The maximum Gasteiger partial charge on any atom is 0.312 e. The highest BCUT2D eigenvalue weighted by Crippen LogP contribution is 2.43. The first-order valence-corrected chi connectivity index (χ1v) is 21.7. The molecule has 3 heterocycles. The van der Waals surface area contributed by atoms with Gasteiger partial charge in [-0.25, -0.2) is 0 Å². The quantitative estimate of drug-likeness (QED) is 0.163. The molecular formula is C54H54N6O6. The predicted octanol–water partition coefficient (Wildman–Crippen LogP) is 7.20. The number of nitrogens with zero attached hydrogens (tertiary/aromatic N) is 6. The van der Waals surface area contributed by atoms with Gasteiger partial charge < -0.3 is 29.4 Å². The second kappa shape index (κ2) is 20.3. The molecule has 0 aliphatic carbocycles. The molecule has 0 aromatic heterocycles. The molecule has 66 heavy (non-hydrogen) atoms. The highest BCUT2D eigenvalue weighted by Gasteiger charge is 2.46. The van der Waals surface area contributed by atoms with E-state index in [0.29, 0.717) is 0 Å². The molecule has 0 unspecified atom stereocenters. The van der Waals surface area contributed by atoms with Crippen molar-refractivity contribution in [3.05, 3.63) is 215 Å². The van der Waals surface area contributed by atoms with Crippen LogP contribution in [0.25, 0.3) is 0 Å². The maximum absolute atomic E-state index is 12.2. The molecule has 6 atom stereocenters. The van der Waals surface area contributed by atoms with Crippen LogP contribution in [0.5, 0.6) is 0 Å². The van der Waals surface area contributed by atoms with Gasteiger partial charge in [-0.1, -0.05) is 182 Å². The van der Waals surface area contributed by atoms with Crippen molar-refractivity contribution in [3.8, 4) is 0 Å². The zero-order valence-corrected chi connectivity index (χ0v) is 37.9. The highest BCUT2D eigenvalue weighted by molar-refractivity contribution is 6.36. The van der Waals surface area contributed by atoms with E-state index in [-0.39, 0.29) is 36.3 Å². The zero-order valence-electron chi connectivity index (χ0n) is 37.9. The third kappa shape index (κ3) is 9.21. The average molecular weight is 883 g/mol. The number of hydrogen-bond donors (Lipinski definition) is 0. The molecule has 12 heteroatoms. The van der Waals surface area contributed by atoms with Crippen LogP contribution in [0.2, 0.25) is 0 Å².